The lowest BCUT2D eigenvalue weighted by molar-refractivity contribution is 0.0705. The zero-order chi connectivity index (χ0) is 17.1. The van der Waals surface area contributed by atoms with E-state index in [0.29, 0.717) is 6.04 Å². The Morgan fingerprint density at radius 3 is 2.60 bits per heavy atom. The fourth-order valence-corrected chi connectivity index (χ4v) is 3.63. The van der Waals surface area contributed by atoms with Crippen LogP contribution in [0.1, 0.15) is 15.9 Å². The molecule has 1 fully saturated rings. The van der Waals surface area contributed by atoms with Gasteiger partial charge in [-0.1, -0.05) is 66.7 Å². The third-order valence-corrected chi connectivity index (χ3v) is 4.89. The molecule has 0 bridgehead atoms. The SMILES string of the molecule is O=C(c1cccc2ccccc12)N1CCNC(Cc2ccccc2)C1. The first-order chi connectivity index (χ1) is 12.3. The van der Waals surface area contributed by atoms with Gasteiger partial charge in [0, 0.05) is 31.2 Å². The maximum atomic E-state index is 13.1. The molecule has 0 radical (unpaired) electrons. The lowest BCUT2D eigenvalue weighted by Gasteiger charge is -2.34. The van der Waals surface area contributed by atoms with Crippen LogP contribution in [0.4, 0.5) is 0 Å². The first kappa shape index (κ1) is 15.9. The minimum atomic E-state index is 0.136. The number of fused-ring (bicyclic) bond motifs is 1. The maximum absolute atomic E-state index is 13.1. The number of amides is 1. The van der Waals surface area contributed by atoms with Crippen molar-refractivity contribution in [2.24, 2.45) is 0 Å². The molecule has 0 aliphatic carbocycles. The van der Waals surface area contributed by atoms with Gasteiger partial charge in [-0.2, -0.15) is 0 Å². The van der Waals surface area contributed by atoms with Crippen LogP contribution in [0.25, 0.3) is 10.8 Å². The number of nitrogens with zero attached hydrogens (tertiary/aromatic N) is 1. The van der Waals surface area contributed by atoms with Crippen molar-refractivity contribution in [3.63, 3.8) is 0 Å². The van der Waals surface area contributed by atoms with E-state index in [0.717, 1.165) is 42.4 Å². The predicted molar refractivity (Wildman–Crippen MR) is 102 cm³/mol. The molecule has 1 N–H and O–H groups in total. The predicted octanol–water partition coefficient (Wildman–Crippen LogP) is 3.50. The van der Waals surface area contributed by atoms with Gasteiger partial charge in [0.1, 0.15) is 0 Å². The van der Waals surface area contributed by atoms with Gasteiger partial charge in [-0.3, -0.25) is 4.79 Å². The number of carbonyl (C=O) groups excluding carboxylic acids is 1. The highest BCUT2D eigenvalue weighted by Crippen LogP contribution is 2.21. The number of nitrogens with one attached hydrogen (secondary N) is 1. The molecule has 1 aliphatic heterocycles. The van der Waals surface area contributed by atoms with Crippen LogP contribution in [0.15, 0.2) is 72.8 Å². The summed E-state index contributed by atoms with van der Waals surface area (Å²) in [6.45, 7) is 2.35. The molecule has 3 aromatic rings. The fourth-order valence-electron chi connectivity index (χ4n) is 3.63. The second-order valence-corrected chi connectivity index (χ2v) is 6.62. The van der Waals surface area contributed by atoms with Gasteiger partial charge in [0.05, 0.1) is 0 Å². The van der Waals surface area contributed by atoms with E-state index in [1.165, 1.54) is 5.56 Å². The Bertz CT molecular complexity index is 870. The van der Waals surface area contributed by atoms with E-state index in [9.17, 15) is 4.79 Å². The minimum absolute atomic E-state index is 0.136. The van der Waals surface area contributed by atoms with Crippen LogP contribution in [0.5, 0.6) is 0 Å². The molecule has 4 rings (SSSR count). The monoisotopic (exact) mass is 330 g/mol. The molecular weight excluding hydrogens is 308 g/mol. The highest BCUT2D eigenvalue weighted by molar-refractivity contribution is 6.07. The maximum Gasteiger partial charge on any atom is 0.254 e. The van der Waals surface area contributed by atoms with Gasteiger partial charge in [-0.05, 0) is 28.8 Å². The van der Waals surface area contributed by atoms with Crippen molar-refractivity contribution in [1.29, 1.82) is 0 Å². The standard InChI is InChI=1S/C22H22N2O/c25-22(21-12-6-10-18-9-4-5-11-20(18)21)24-14-13-23-19(16-24)15-17-7-2-1-3-8-17/h1-12,19,23H,13-16H2. The molecule has 25 heavy (non-hydrogen) atoms. The summed E-state index contributed by atoms with van der Waals surface area (Å²) in [5.74, 6) is 0.136. The van der Waals surface area contributed by atoms with Crippen LogP contribution in [-0.2, 0) is 6.42 Å². The quantitative estimate of drug-likeness (QED) is 0.797. The summed E-state index contributed by atoms with van der Waals surface area (Å²) in [6.07, 6.45) is 0.945. The summed E-state index contributed by atoms with van der Waals surface area (Å²) in [5, 5.41) is 5.70. The van der Waals surface area contributed by atoms with Crippen molar-refractivity contribution in [2.45, 2.75) is 12.5 Å². The van der Waals surface area contributed by atoms with Crippen LogP contribution in [-0.4, -0.2) is 36.5 Å². The van der Waals surface area contributed by atoms with Crippen LogP contribution >= 0.6 is 0 Å². The van der Waals surface area contributed by atoms with Crippen LogP contribution in [0.3, 0.4) is 0 Å². The third-order valence-electron chi connectivity index (χ3n) is 4.89. The molecule has 126 valence electrons. The van der Waals surface area contributed by atoms with Crippen molar-refractivity contribution >= 4 is 16.7 Å². The number of rotatable bonds is 3. The smallest absolute Gasteiger partial charge is 0.254 e. The second kappa shape index (κ2) is 7.08. The second-order valence-electron chi connectivity index (χ2n) is 6.62. The Morgan fingerprint density at radius 1 is 0.960 bits per heavy atom. The number of carbonyl (C=O) groups is 1. The number of hydrogen-bond acceptors (Lipinski definition) is 2. The summed E-state index contributed by atoms with van der Waals surface area (Å²) in [4.78, 5) is 15.1. The summed E-state index contributed by atoms with van der Waals surface area (Å²) >= 11 is 0. The summed E-state index contributed by atoms with van der Waals surface area (Å²) < 4.78 is 0. The van der Waals surface area contributed by atoms with Crippen molar-refractivity contribution in [3.8, 4) is 0 Å². The molecule has 0 aromatic heterocycles. The Kier molecular flexibility index (Phi) is 4.49. The molecule has 1 atom stereocenters. The topological polar surface area (TPSA) is 32.3 Å². The molecule has 3 nitrogen and oxygen atoms in total. The van der Waals surface area contributed by atoms with Gasteiger partial charge in [0.2, 0.25) is 0 Å². The molecule has 1 unspecified atom stereocenters. The van der Waals surface area contributed by atoms with Crippen molar-refractivity contribution < 1.29 is 4.79 Å². The molecule has 3 aromatic carbocycles. The first-order valence-electron chi connectivity index (χ1n) is 8.85. The van der Waals surface area contributed by atoms with Crippen molar-refractivity contribution in [2.75, 3.05) is 19.6 Å². The highest BCUT2D eigenvalue weighted by Gasteiger charge is 2.25. The minimum Gasteiger partial charge on any atom is -0.336 e. The lowest BCUT2D eigenvalue weighted by Crippen LogP contribution is -2.53. The van der Waals surface area contributed by atoms with E-state index in [1.54, 1.807) is 0 Å². The van der Waals surface area contributed by atoms with E-state index >= 15 is 0 Å². The number of hydrogen-bond donors (Lipinski definition) is 1. The Labute approximate surface area is 148 Å². The van der Waals surface area contributed by atoms with Gasteiger partial charge in [0.25, 0.3) is 5.91 Å². The largest absolute Gasteiger partial charge is 0.336 e. The van der Waals surface area contributed by atoms with Crippen LogP contribution < -0.4 is 5.32 Å². The van der Waals surface area contributed by atoms with Gasteiger partial charge in [-0.25, -0.2) is 0 Å². The van der Waals surface area contributed by atoms with E-state index in [1.807, 2.05) is 41.3 Å². The molecule has 0 saturated carbocycles. The molecule has 1 saturated heterocycles. The van der Waals surface area contributed by atoms with Crippen LogP contribution in [0, 0.1) is 0 Å². The molecule has 0 spiro atoms. The van der Waals surface area contributed by atoms with Gasteiger partial charge >= 0.3 is 0 Å². The average Bonchev–Trinajstić information content (AvgIpc) is 2.68. The molecule has 1 amide bonds. The highest BCUT2D eigenvalue weighted by atomic mass is 16.2. The zero-order valence-corrected chi connectivity index (χ0v) is 14.2. The van der Waals surface area contributed by atoms with E-state index in [4.69, 9.17) is 0 Å². The van der Waals surface area contributed by atoms with Crippen molar-refractivity contribution in [3.05, 3.63) is 83.9 Å². The van der Waals surface area contributed by atoms with E-state index in [-0.39, 0.29) is 5.91 Å². The van der Waals surface area contributed by atoms with E-state index in [2.05, 4.69) is 41.7 Å². The van der Waals surface area contributed by atoms with Gasteiger partial charge in [0.15, 0.2) is 0 Å². The number of piperazine rings is 1. The molecule has 3 heteroatoms. The lowest BCUT2D eigenvalue weighted by atomic mass is 10.0. The third kappa shape index (κ3) is 3.42. The van der Waals surface area contributed by atoms with Gasteiger partial charge < -0.3 is 10.2 Å². The molecular formula is C22H22N2O. The van der Waals surface area contributed by atoms with Crippen LogP contribution in [0.2, 0.25) is 0 Å². The Balaban J connectivity index is 1.53. The summed E-state index contributed by atoms with van der Waals surface area (Å²) in [7, 11) is 0. The van der Waals surface area contributed by atoms with Gasteiger partial charge in [-0.15, -0.1) is 0 Å². The summed E-state index contributed by atoms with van der Waals surface area (Å²) in [6, 6.07) is 24.8. The summed E-state index contributed by atoms with van der Waals surface area (Å²) in [5.41, 5.74) is 2.11. The first-order valence-corrected chi connectivity index (χ1v) is 8.85. The zero-order valence-electron chi connectivity index (χ0n) is 14.2. The number of benzene rings is 3. The molecule has 1 heterocycles. The fraction of sp³-hybridized carbons (Fsp3) is 0.227. The average molecular weight is 330 g/mol. The Morgan fingerprint density at radius 2 is 1.72 bits per heavy atom. The normalized spacial score (nSPS) is 17.6. The molecule has 1 aliphatic rings. The van der Waals surface area contributed by atoms with E-state index < -0.39 is 0 Å². The Hall–Kier alpha value is -2.65. The van der Waals surface area contributed by atoms with Crippen molar-refractivity contribution in [1.82, 2.24) is 10.2 Å².